The molecule has 3 aromatic rings. The van der Waals surface area contributed by atoms with Crippen LogP contribution in [0.4, 0.5) is 0 Å². The molecule has 0 amide bonds. The van der Waals surface area contributed by atoms with Gasteiger partial charge >= 0.3 is 0 Å². The van der Waals surface area contributed by atoms with Gasteiger partial charge in [-0.15, -0.1) is 16.6 Å². The fraction of sp³-hybridized carbons (Fsp3) is 0.200. The number of methoxy groups -OCH3 is 1. The lowest BCUT2D eigenvalue weighted by Crippen LogP contribution is -1.89. The summed E-state index contributed by atoms with van der Waals surface area (Å²) in [5, 5.41) is 9.57. The quantitative estimate of drug-likeness (QED) is 0.543. The van der Waals surface area contributed by atoms with Crippen LogP contribution in [-0.2, 0) is 6.42 Å². The Labute approximate surface area is 140 Å². The van der Waals surface area contributed by atoms with Crippen LogP contribution < -0.4 is 4.74 Å². The van der Waals surface area contributed by atoms with E-state index in [4.69, 9.17) is 15.6 Å². The van der Waals surface area contributed by atoms with Crippen molar-refractivity contribution in [3.8, 4) is 18.1 Å². The molecule has 0 unspecified atom stereocenters. The molecular weight excluding hydrogens is 366 g/mol. The van der Waals surface area contributed by atoms with Gasteiger partial charge in [0.1, 0.15) is 5.75 Å². The minimum atomic E-state index is 0.490. The second-order valence-electron chi connectivity index (χ2n) is 4.45. The molecule has 3 rings (SSSR count). The molecule has 1 aromatic carbocycles. The lowest BCUT2D eigenvalue weighted by molar-refractivity contribution is 0.412. The first-order valence-electron chi connectivity index (χ1n) is 6.44. The molecule has 0 bridgehead atoms. The molecule has 0 atom stereocenters. The second kappa shape index (κ2) is 6.46. The fourth-order valence-corrected chi connectivity index (χ4v) is 3.38. The zero-order valence-corrected chi connectivity index (χ0v) is 14.1. The summed E-state index contributed by atoms with van der Waals surface area (Å²) in [5.41, 5.74) is 2.07. The van der Waals surface area contributed by atoms with Crippen LogP contribution >= 0.6 is 27.7 Å². The first-order chi connectivity index (χ1) is 10.7. The number of nitrogens with zero attached hydrogens (tertiary/aromatic N) is 2. The summed E-state index contributed by atoms with van der Waals surface area (Å²) in [5.74, 6) is 4.37. The standard InChI is InChI=1S/C15H12BrN3O2S/c1-3-6-22-15-19-18-12(21-15)7-9-8-17-10-4-5-11(20-2)14(16)13(9)10/h1,4-5,8,17H,6-7H2,2H3. The molecule has 0 aliphatic carbocycles. The van der Waals surface area contributed by atoms with Gasteiger partial charge in [-0.1, -0.05) is 17.7 Å². The number of halogens is 1. The van der Waals surface area contributed by atoms with Crippen LogP contribution in [0.15, 0.2) is 32.4 Å². The molecule has 112 valence electrons. The third-order valence-electron chi connectivity index (χ3n) is 3.12. The molecule has 0 saturated carbocycles. The average Bonchev–Trinajstić information content (AvgIpc) is 3.14. The SMILES string of the molecule is C#CCSc1nnc(Cc2c[nH]c3ccc(OC)c(Br)c23)o1. The molecular formula is C15H12BrN3O2S. The number of aromatic nitrogens is 3. The van der Waals surface area contributed by atoms with Crippen molar-refractivity contribution in [3.63, 3.8) is 0 Å². The van der Waals surface area contributed by atoms with E-state index in [1.54, 1.807) is 7.11 Å². The number of ether oxygens (including phenoxy) is 1. The summed E-state index contributed by atoms with van der Waals surface area (Å²) < 4.78 is 11.8. The van der Waals surface area contributed by atoms with Crippen molar-refractivity contribution in [1.82, 2.24) is 15.2 Å². The summed E-state index contributed by atoms with van der Waals surface area (Å²) in [6.45, 7) is 0. The number of H-pyrrole nitrogens is 1. The Morgan fingerprint density at radius 3 is 3.09 bits per heavy atom. The van der Waals surface area contributed by atoms with E-state index in [0.29, 0.717) is 23.3 Å². The van der Waals surface area contributed by atoms with E-state index in [1.807, 2.05) is 18.3 Å². The Morgan fingerprint density at radius 2 is 2.32 bits per heavy atom. The normalized spacial score (nSPS) is 10.8. The topological polar surface area (TPSA) is 63.9 Å². The summed E-state index contributed by atoms with van der Waals surface area (Å²) in [6.07, 6.45) is 7.69. The number of aromatic amines is 1. The van der Waals surface area contributed by atoms with Crippen molar-refractivity contribution < 1.29 is 9.15 Å². The molecule has 0 aliphatic rings. The van der Waals surface area contributed by atoms with Crippen LogP contribution in [-0.4, -0.2) is 28.0 Å². The van der Waals surface area contributed by atoms with E-state index in [0.717, 1.165) is 26.7 Å². The number of rotatable bonds is 5. The summed E-state index contributed by atoms with van der Waals surface area (Å²) >= 11 is 4.94. The lowest BCUT2D eigenvalue weighted by Gasteiger charge is -2.05. The Hall–Kier alpha value is -1.91. The van der Waals surface area contributed by atoms with Gasteiger partial charge in [0.15, 0.2) is 0 Å². The summed E-state index contributed by atoms with van der Waals surface area (Å²) in [4.78, 5) is 3.23. The number of thioether (sulfide) groups is 1. The van der Waals surface area contributed by atoms with Crippen molar-refractivity contribution in [2.24, 2.45) is 0 Å². The van der Waals surface area contributed by atoms with E-state index < -0.39 is 0 Å². The number of hydrogen-bond donors (Lipinski definition) is 1. The molecule has 0 spiro atoms. The van der Waals surface area contributed by atoms with Gasteiger partial charge in [0.05, 0.1) is 23.8 Å². The molecule has 0 saturated heterocycles. The van der Waals surface area contributed by atoms with E-state index in [-0.39, 0.29) is 0 Å². The highest BCUT2D eigenvalue weighted by Crippen LogP contribution is 2.35. The first-order valence-corrected chi connectivity index (χ1v) is 8.22. The summed E-state index contributed by atoms with van der Waals surface area (Å²) in [7, 11) is 1.64. The molecule has 2 heterocycles. The maximum atomic E-state index is 5.59. The minimum absolute atomic E-state index is 0.490. The van der Waals surface area contributed by atoms with Crippen molar-refractivity contribution in [3.05, 3.63) is 34.3 Å². The maximum absolute atomic E-state index is 5.59. The lowest BCUT2D eigenvalue weighted by atomic mass is 10.1. The van der Waals surface area contributed by atoms with Crippen molar-refractivity contribution in [2.45, 2.75) is 11.6 Å². The monoisotopic (exact) mass is 377 g/mol. The van der Waals surface area contributed by atoms with Gasteiger partial charge in [-0.3, -0.25) is 0 Å². The minimum Gasteiger partial charge on any atom is -0.496 e. The van der Waals surface area contributed by atoms with Gasteiger partial charge in [0.25, 0.3) is 5.22 Å². The molecule has 0 aliphatic heterocycles. The Balaban J connectivity index is 1.91. The number of nitrogens with one attached hydrogen (secondary N) is 1. The highest BCUT2D eigenvalue weighted by atomic mass is 79.9. The van der Waals surface area contributed by atoms with Gasteiger partial charge in [-0.05, 0) is 33.6 Å². The van der Waals surface area contributed by atoms with Crippen molar-refractivity contribution >= 4 is 38.6 Å². The maximum Gasteiger partial charge on any atom is 0.277 e. The highest BCUT2D eigenvalue weighted by molar-refractivity contribution is 9.10. The molecule has 1 N–H and O–H groups in total. The van der Waals surface area contributed by atoms with Gasteiger partial charge < -0.3 is 14.1 Å². The molecule has 7 heteroatoms. The third kappa shape index (κ3) is 2.85. The van der Waals surface area contributed by atoms with E-state index in [9.17, 15) is 0 Å². The van der Waals surface area contributed by atoms with E-state index in [1.165, 1.54) is 11.8 Å². The molecule has 0 fully saturated rings. The predicted octanol–water partition coefficient (Wildman–Crippen LogP) is 3.64. The van der Waals surface area contributed by atoms with Gasteiger partial charge in [0, 0.05) is 17.1 Å². The molecule has 0 radical (unpaired) electrons. The van der Waals surface area contributed by atoms with Crippen LogP contribution in [0, 0.1) is 12.3 Å². The van der Waals surface area contributed by atoms with Gasteiger partial charge in [-0.2, -0.15) is 0 Å². The first kappa shape index (κ1) is 15.0. The van der Waals surface area contributed by atoms with Crippen LogP contribution in [0.5, 0.6) is 5.75 Å². The number of terminal acetylenes is 1. The molecule has 2 aromatic heterocycles. The predicted molar refractivity (Wildman–Crippen MR) is 89.2 cm³/mol. The fourth-order valence-electron chi connectivity index (χ4n) is 2.16. The molecule has 22 heavy (non-hydrogen) atoms. The van der Waals surface area contributed by atoms with Crippen LogP contribution in [0.1, 0.15) is 11.5 Å². The largest absolute Gasteiger partial charge is 0.496 e. The van der Waals surface area contributed by atoms with Crippen molar-refractivity contribution in [1.29, 1.82) is 0 Å². The smallest absolute Gasteiger partial charge is 0.277 e. The van der Waals surface area contributed by atoms with Crippen molar-refractivity contribution in [2.75, 3.05) is 12.9 Å². The second-order valence-corrected chi connectivity index (χ2v) is 6.17. The van der Waals surface area contributed by atoms with Crippen LogP contribution in [0.25, 0.3) is 10.9 Å². The van der Waals surface area contributed by atoms with Gasteiger partial charge in [-0.25, -0.2) is 0 Å². The Kier molecular flexibility index (Phi) is 4.41. The zero-order valence-electron chi connectivity index (χ0n) is 11.7. The molecule has 5 nitrogen and oxygen atoms in total. The van der Waals surface area contributed by atoms with E-state index >= 15 is 0 Å². The Morgan fingerprint density at radius 1 is 1.45 bits per heavy atom. The average molecular weight is 378 g/mol. The number of fused-ring (bicyclic) bond motifs is 1. The van der Waals surface area contributed by atoms with Crippen LogP contribution in [0.3, 0.4) is 0 Å². The Bertz CT molecular complexity index is 850. The zero-order chi connectivity index (χ0) is 15.5. The number of benzene rings is 1. The third-order valence-corrected chi connectivity index (χ3v) is 4.63. The number of hydrogen-bond acceptors (Lipinski definition) is 5. The highest BCUT2D eigenvalue weighted by Gasteiger charge is 2.14. The van der Waals surface area contributed by atoms with Crippen LogP contribution in [0.2, 0.25) is 0 Å². The summed E-state index contributed by atoms with van der Waals surface area (Å²) in [6, 6.07) is 3.89. The van der Waals surface area contributed by atoms with Gasteiger partial charge in [0.2, 0.25) is 5.89 Å². The van der Waals surface area contributed by atoms with E-state index in [2.05, 4.69) is 37.0 Å².